The number of aliphatic imine (C=N–C) groups is 1. The fourth-order valence-electron chi connectivity index (χ4n) is 3.60. The molecule has 2 aromatic heterocycles. The SMILES string of the molecule is CCNC(=NCc1cnn(Cc2ccccc2)c1)N1CCN(Cc2ccon2)CC1.I. The van der Waals surface area contributed by atoms with Gasteiger partial charge in [0.15, 0.2) is 5.96 Å². The second kappa shape index (κ2) is 11.8. The number of nitrogens with one attached hydrogen (secondary N) is 1. The second-order valence-electron chi connectivity index (χ2n) is 7.46. The number of hydrogen-bond acceptors (Lipinski definition) is 5. The van der Waals surface area contributed by atoms with Crippen molar-refractivity contribution in [3.05, 3.63) is 71.9 Å². The number of aromatic nitrogens is 3. The first-order chi connectivity index (χ1) is 14.8. The Kier molecular flexibility index (Phi) is 8.89. The van der Waals surface area contributed by atoms with Crippen molar-refractivity contribution in [2.24, 2.45) is 4.99 Å². The van der Waals surface area contributed by atoms with Gasteiger partial charge < -0.3 is 14.7 Å². The number of guanidine groups is 1. The van der Waals surface area contributed by atoms with Crippen molar-refractivity contribution in [2.75, 3.05) is 32.7 Å². The summed E-state index contributed by atoms with van der Waals surface area (Å²) in [5.74, 6) is 0.967. The minimum absolute atomic E-state index is 0. The van der Waals surface area contributed by atoms with Crippen LogP contribution in [0.3, 0.4) is 0 Å². The lowest BCUT2D eigenvalue weighted by atomic mass is 10.2. The molecule has 1 saturated heterocycles. The molecular formula is C22H30IN7O. The van der Waals surface area contributed by atoms with Crippen molar-refractivity contribution in [1.29, 1.82) is 0 Å². The van der Waals surface area contributed by atoms with Gasteiger partial charge in [-0.3, -0.25) is 9.58 Å². The lowest BCUT2D eigenvalue weighted by Gasteiger charge is -2.36. The molecule has 0 radical (unpaired) electrons. The zero-order chi connectivity index (χ0) is 20.6. The zero-order valence-electron chi connectivity index (χ0n) is 17.9. The normalized spacial score (nSPS) is 15.0. The van der Waals surface area contributed by atoms with Crippen molar-refractivity contribution in [2.45, 2.75) is 26.6 Å². The largest absolute Gasteiger partial charge is 0.364 e. The fourth-order valence-corrected chi connectivity index (χ4v) is 3.60. The minimum atomic E-state index is 0. The molecular weight excluding hydrogens is 505 g/mol. The van der Waals surface area contributed by atoms with Gasteiger partial charge in [-0.25, -0.2) is 4.99 Å². The highest BCUT2D eigenvalue weighted by atomic mass is 127. The Morgan fingerprint density at radius 2 is 1.87 bits per heavy atom. The van der Waals surface area contributed by atoms with E-state index in [0.717, 1.165) is 63.0 Å². The van der Waals surface area contributed by atoms with Gasteiger partial charge in [0.25, 0.3) is 0 Å². The molecule has 31 heavy (non-hydrogen) atoms. The van der Waals surface area contributed by atoms with E-state index in [1.807, 2.05) is 23.0 Å². The third-order valence-electron chi connectivity index (χ3n) is 5.17. The molecule has 8 nitrogen and oxygen atoms in total. The molecule has 1 aromatic carbocycles. The number of piperazine rings is 1. The van der Waals surface area contributed by atoms with Crippen molar-refractivity contribution in [1.82, 2.24) is 30.1 Å². The van der Waals surface area contributed by atoms with E-state index in [2.05, 4.69) is 62.8 Å². The highest BCUT2D eigenvalue weighted by Crippen LogP contribution is 2.09. The van der Waals surface area contributed by atoms with Gasteiger partial charge in [-0.2, -0.15) is 5.10 Å². The van der Waals surface area contributed by atoms with Gasteiger partial charge in [0.05, 0.1) is 25.0 Å². The minimum Gasteiger partial charge on any atom is -0.364 e. The van der Waals surface area contributed by atoms with Crippen LogP contribution in [0.2, 0.25) is 0 Å². The maximum absolute atomic E-state index is 4.93. The molecule has 9 heteroatoms. The van der Waals surface area contributed by atoms with Gasteiger partial charge in [0.1, 0.15) is 6.26 Å². The molecule has 0 atom stereocenters. The smallest absolute Gasteiger partial charge is 0.194 e. The highest BCUT2D eigenvalue weighted by molar-refractivity contribution is 14.0. The van der Waals surface area contributed by atoms with Crippen LogP contribution in [-0.4, -0.2) is 63.4 Å². The average molecular weight is 535 g/mol. The van der Waals surface area contributed by atoms with E-state index in [1.54, 1.807) is 6.26 Å². The van der Waals surface area contributed by atoms with E-state index in [-0.39, 0.29) is 24.0 Å². The van der Waals surface area contributed by atoms with Crippen molar-refractivity contribution < 1.29 is 4.52 Å². The molecule has 3 aromatic rings. The summed E-state index contributed by atoms with van der Waals surface area (Å²) in [6.45, 7) is 9.03. The zero-order valence-corrected chi connectivity index (χ0v) is 20.2. The quantitative estimate of drug-likeness (QED) is 0.285. The number of benzene rings is 1. The summed E-state index contributed by atoms with van der Waals surface area (Å²) < 4.78 is 6.90. The van der Waals surface area contributed by atoms with E-state index in [4.69, 9.17) is 9.52 Å². The van der Waals surface area contributed by atoms with Gasteiger partial charge in [0.2, 0.25) is 0 Å². The second-order valence-corrected chi connectivity index (χ2v) is 7.46. The van der Waals surface area contributed by atoms with Crippen LogP contribution in [0, 0.1) is 0 Å². The first-order valence-electron chi connectivity index (χ1n) is 10.5. The van der Waals surface area contributed by atoms with Gasteiger partial charge in [-0.15, -0.1) is 24.0 Å². The van der Waals surface area contributed by atoms with E-state index in [0.29, 0.717) is 6.54 Å². The Morgan fingerprint density at radius 1 is 1.06 bits per heavy atom. The molecule has 0 saturated carbocycles. The molecule has 1 aliphatic rings. The monoisotopic (exact) mass is 535 g/mol. The molecule has 166 valence electrons. The Bertz CT molecular complexity index is 919. The Hall–Kier alpha value is -2.40. The Balaban J connectivity index is 0.00000272. The summed E-state index contributed by atoms with van der Waals surface area (Å²) in [6.07, 6.45) is 5.62. The molecule has 0 spiro atoms. The van der Waals surface area contributed by atoms with Crippen molar-refractivity contribution in [3.8, 4) is 0 Å². The fraction of sp³-hybridized carbons (Fsp3) is 0.409. The first kappa shape index (κ1) is 23.3. The summed E-state index contributed by atoms with van der Waals surface area (Å²) in [5, 5.41) is 11.9. The lowest BCUT2D eigenvalue weighted by molar-refractivity contribution is 0.169. The summed E-state index contributed by atoms with van der Waals surface area (Å²) >= 11 is 0. The third-order valence-corrected chi connectivity index (χ3v) is 5.17. The number of halogens is 1. The molecule has 1 fully saturated rings. The molecule has 3 heterocycles. The number of rotatable bonds is 7. The van der Waals surface area contributed by atoms with Crippen LogP contribution in [0.25, 0.3) is 0 Å². The van der Waals surface area contributed by atoms with Crippen molar-refractivity contribution in [3.63, 3.8) is 0 Å². The maximum Gasteiger partial charge on any atom is 0.194 e. The summed E-state index contributed by atoms with van der Waals surface area (Å²) in [4.78, 5) is 9.59. The van der Waals surface area contributed by atoms with Gasteiger partial charge in [0, 0.05) is 57.1 Å². The molecule has 0 bridgehead atoms. The molecule has 0 amide bonds. The molecule has 0 aliphatic carbocycles. The third kappa shape index (κ3) is 6.79. The highest BCUT2D eigenvalue weighted by Gasteiger charge is 2.20. The Morgan fingerprint density at radius 3 is 2.58 bits per heavy atom. The summed E-state index contributed by atoms with van der Waals surface area (Å²) in [7, 11) is 0. The molecule has 1 aliphatic heterocycles. The van der Waals surface area contributed by atoms with Gasteiger partial charge in [-0.05, 0) is 12.5 Å². The van der Waals surface area contributed by atoms with Crippen LogP contribution in [-0.2, 0) is 19.6 Å². The van der Waals surface area contributed by atoms with Crippen LogP contribution in [0.1, 0.15) is 23.7 Å². The predicted molar refractivity (Wildman–Crippen MR) is 131 cm³/mol. The van der Waals surface area contributed by atoms with Crippen LogP contribution in [0.15, 0.2) is 64.6 Å². The molecule has 1 N–H and O–H groups in total. The van der Waals surface area contributed by atoms with E-state index in [1.165, 1.54) is 5.56 Å². The van der Waals surface area contributed by atoms with Gasteiger partial charge in [-0.1, -0.05) is 35.5 Å². The van der Waals surface area contributed by atoms with Crippen LogP contribution < -0.4 is 5.32 Å². The number of hydrogen-bond donors (Lipinski definition) is 1. The van der Waals surface area contributed by atoms with E-state index in [9.17, 15) is 0 Å². The maximum atomic E-state index is 4.93. The topological polar surface area (TPSA) is 74.7 Å². The molecule has 4 rings (SSSR count). The summed E-state index contributed by atoms with van der Waals surface area (Å²) in [5.41, 5.74) is 3.34. The van der Waals surface area contributed by atoms with E-state index >= 15 is 0 Å². The van der Waals surface area contributed by atoms with E-state index < -0.39 is 0 Å². The average Bonchev–Trinajstić information content (AvgIpc) is 3.45. The molecule has 0 unspecified atom stereocenters. The standard InChI is InChI=1S/C22H29N7O.HI/c1-2-23-22(28-11-9-27(10-12-28)18-21-8-13-30-26-21)24-14-20-15-25-29(17-20)16-19-6-4-3-5-7-19;/h3-8,13,15,17H,2,9-12,14,16,18H2,1H3,(H,23,24);1H. The van der Waals surface area contributed by atoms with Gasteiger partial charge >= 0.3 is 0 Å². The van der Waals surface area contributed by atoms with Crippen molar-refractivity contribution >= 4 is 29.9 Å². The first-order valence-corrected chi connectivity index (χ1v) is 10.5. The summed E-state index contributed by atoms with van der Waals surface area (Å²) in [6, 6.07) is 12.3. The Labute approximate surface area is 200 Å². The van der Waals surface area contributed by atoms with Crippen LogP contribution in [0.5, 0.6) is 0 Å². The number of nitrogens with zero attached hydrogens (tertiary/aromatic N) is 6. The lowest BCUT2D eigenvalue weighted by Crippen LogP contribution is -2.52. The van der Waals surface area contributed by atoms with Crippen LogP contribution >= 0.6 is 24.0 Å². The van der Waals surface area contributed by atoms with Crippen LogP contribution in [0.4, 0.5) is 0 Å². The predicted octanol–water partition coefficient (Wildman–Crippen LogP) is 2.82.